The topological polar surface area (TPSA) is 80.3 Å². The van der Waals surface area contributed by atoms with Gasteiger partial charge in [0.2, 0.25) is 6.41 Å². The molecule has 0 aliphatic carbocycles. The van der Waals surface area contributed by atoms with Crippen LogP contribution in [-0.4, -0.2) is 85.2 Å². The molecule has 0 aromatic carbocycles. The molecule has 0 bridgehead atoms. The Morgan fingerprint density at radius 2 is 1.38 bits per heavy atom. The third-order valence-electron chi connectivity index (χ3n) is 0.211. The zero-order chi connectivity index (χ0) is 4.28. The molecule has 5 heteroatoms. The maximum Gasteiger partial charge on any atom is 2.00 e. The van der Waals surface area contributed by atoms with E-state index in [1.165, 1.54) is 4.90 Å². The van der Waals surface area contributed by atoms with Crippen molar-refractivity contribution < 1.29 is 15.7 Å². The number of amides is 1. The monoisotopic (exact) mass is 245 g/mol. The summed E-state index contributed by atoms with van der Waals surface area (Å²) in [6.07, 6.45) is 0.750. The molecule has 0 aromatic heterocycles. The largest absolute Gasteiger partial charge is 2.00 e. The van der Waals surface area contributed by atoms with E-state index in [9.17, 15) is 4.79 Å². The van der Waals surface area contributed by atoms with Gasteiger partial charge in [0.1, 0.15) is 0 Å². The predicted molar refractivity (Wildman–Crippen MR) is 29.4 cm³/mol. The smallest absolute Gasteiger partial charge is 0.870 e. The molecule has 0 atom stereocenters. The SMILES string of the molecule is CN(C)C=O.[Ba+2].[OH-].[OH-]. The molecule has 0 radical (unpaired) electrons. The molecule has 0 aromatic rings. The molecule has 2 N–H and O–H groups in total. The van der Waals surface area contributed by atoms with Crippen LogP contribution in [-0.2, 0) is 4.79 Å². The second kappa shape index (κ2) is 15.7. The minimum atomic E-state index is 0. The molecule has 0 aliphatic rings. The molecular weight excluding hydrogens is 235 g/mol. The molecular formula is C3H9BaNO3. The molecule has 8 heavy (non-hydrogen) atoms. The second-order valence-corrected chi connectivity index (χ2v) is 1.07. The molecule has 46 valence electrons. The molecule has 0 rings (SSSR count). The van der Waals surface area contributed by atoms with E-state index >= 15 is 0 Å². The van der Waals surface area contributed by atoms with Gasteiger partial charge in [-0.05, 0) is 0 Å². The summed E-state index contributed by atoms with van der Waals surface area (Å²) in [6.45, 7) is 0. The maximum atomic E-state index is 9.43. The van der Waals surface area contributed by atoms with Crippen LogP contribution < -0.4 is 0 Å². The number of hydrogen-bond acceptors (Lipinski definition) is 3. The van der Waals surface area contributed by atoms with Crippen molar-refractivity contribution in [3.8, 4) is 0 Å². The summed E-state index contributed by atoms with van der Waals surface area (Å²) < 4.78 is 0. The third kappa shape index (κ3) is 28.2. The van der Waals surface area contributed by atoms with Crippen molar-refractivity contribution in [2.75, 3.05) is 14.1 Å². The van der Waals surface area contributed by atoms with Crippen LogP contribution in [0.5, 0.6) is 0 Å². The van der Waals surface area contributed by atoms with Gasteiger partial charge >= 0.3 is 48.9 Å². The summed E-state index contributed by atoms with van der Waals surface area (Å²) in [5.41, 5.74) is 0. The zero-order valence-corrected chi connectivity index (χ0v) is 9.48. The zero-order valence-electron chi connectivity index (χ0n) is 5.03. The Bertz CT molecular complexity index is 41.5. The first-order chi connectivity index (χ1) is 2.27. The van der Waals surface area contributed by atoms with Gasteiger partial charge in [0.15, 0.2) is 0 Å². The van der Waals surface area contributed by atoms with Crippen molar-refractivity contribution in [1.29, 1.82) is 0 Å². The van der Waals surface area contributed by atoms with E-state index < -0.39 is 0 Å². The fourth-order valence-electron chi connectivity index (χ4n) is 0. The van der Waals surface area contributed by atoms with Gasteiger partial charge in [-0.3, -0.25) is 4.79 Å². The van der Waals surface area contributed by atoms with Gasteiger partial charge in [-0.25, -0.2) is 0 Å². The van der Waals surface area contributed by atoms with Gasteiger partial charge in [0, 0.05) is 14.1 Å². The van der Waals surface area contributed by atoms with Crippen LogP contribution in [0.25, 0.3) is 0 Å². The molecule has 0 fully saturated rings. The Hall–Kier alpha value is 0.961. The Balaban J connectivity index is -0.0000000267. The van der Waals surface area contributed by atoms with Crippen molar-refractivity contribution in [3.05, 3.63) is 0 Å². The van der Waals surface area contributed by atoms with Crippen molar-refractivity contribution in [1.82, 2.24) is 4.90 Å². The fourth-order valence-corrected chi connectivity index (χ4v) is 0. The van der Waals surface area contributed by atoms with E-state index in [0.717, 1.165) is 6.41 Å². The number of nitrogens with zero attached hydrogens (tertiary/aromatic N) is 1. The molecule has 0 heterocycles. The molecule has 0 saturated carbocycles. The minimum absolute atomic E-state index is 0. The third-order valence-corrected chi connectivity index (χ3v) is 0.211. The Kier molecular flexibility index (Phi) is 45.2. The van der Waals surface area contributed by atoms with Gasteiger partial charge in [-0.2, -0.15) is 0 Å². The first kappa shape index (κ1) is 23.1. The molecule has 0 aliphatic heterocycles. The van der Waals surface area contributed by atoms with Crippen LogP contribution in [0.2, 0.25) is 0 Å². The molecule has 4 nitrogen and oxygen atoms in total. The van der Waals surface area contributed by atoms with Crippen LogP contribution >= 0.6 is 0 Å². The standard InChI is InChI=1S/C3H7NO.Ba.2H2O/c1-4(2)3-5;;;/h3H,1-2H3;;2*1H2/q;+2;;/p-2. The summed E-state index contributed by atoms with van der Waals surface area (Å²) >= 11 is 0. The van der Waals surface area contributed by atoms with Crippen LogP contribution in [0.15, 0.2) is 0 Å². The van der Waals surface area contributed by atoms with Crippen molar-refractivity contribution in [2.24, 2.45) is 0 Å². The van der Waals surface area contributed by atoms with Gasteiger partial charge in [-0.15, -0.1) is 0 Å². The summed E-state index contributed by atoms with van der Waals surface area (Å²) in [6, 6.07) is 0. The van der Waals surface area contributed by atoms with Crippen LogP contribution in [0, 0.1) is 0 Å². The van der Waals surface area contributed by atoms with E-state index in [2.05, 4.69) is 0 Å². The molecule has 1 amide bonds. The molecule has 0 saturated heterocycles. The minimum Gasteiger partial charge on any atom is -0.870 e. The van der Waals surface area contributed by atoms with Crippen LogP contribution in [0.4, 0.5) is 0 Å². The Morgan fingerprint density at radius 1 is 1.25 bits per heavy atom. The molecule has 0 spiro atoms. The van der Waals surface area contributed by atoms with Gasteiger partial charge in [-0.1, -0.05) is 0 Å². The normalized spacial score (nSPS) is 4.25. The first-order valence-corrected chi connectivity index (χ1v) is 1.39. The van der Waals surface area contributed by atoms with Crippen molar-refractivity contribution in [2.45, 2.75) is 0 Å². The Morgan fingerprint density at radius 3 is 1.38 bits per heavy atom. The van der Waals surface area contributed by atoms with E-state index in [1.54, 1.807) is 14.1 Å². The summed E-state index contributed by atoms with van der Waals surface area (Å²) in [5.74, 6) is 0. The average Bonchev–Trinajstić information content (AvgIpc) is 1.38. The van der Waals surface area contributed by atoms with Crippen LogP contribution in [0.1, 0.15) is 0 Å². The van der Waals surface area contributed by atoms with Gasteiger partial charge in [0.25, 0.3) is 0 Å². The number of hydrogen-bond donors (Lipinski definition) is 0. The average molecular weight is 244 g/mol. The van der Waals surface area contributed by atoms with Gasteiger partial charge < -0.3 is 15.9 Å². The van der Waals surface area contributed by atoms with E-state index in [4.69, 9.17) is 0 Å². The number of carbonyl (C=O) groups excluding carboxylic acids is 1. The van der Waals surface area contributed by atoms with Crippen molar-refractivity contribution >= 4 is 55.3 Å². The summed E-state index contributed by atoms with van der Waals surface area (Å²) in [7, 11) is 3.38. The van der Waals surface area contributed by atoms with Crippen molar-refractivity contribution in [3.63, 3.8) is 0 Å². The summed E-state index contributed by atoms with van der Waals surface area (Å²) in [4.78, 5) is 10.9. The number of carbonyl (C=O) groups is 1. The summed E-state index contributed by atoms with van der Waals surface area (Å²) in [5, 5.41) is 0. The van der Waals surface area contributed by atoms with Crippen LogP contribution in [0.3, 0.4) is 0 Å². The molecule has 0 unspecified atom stereocenters. The van der Waals surface area contributed by atoms with E-state index in [0.29, 0.717) is 0 Å². The maximum absolute atomic E-state index is 9.43. The van der Waals surface area contributed by atoms with E-state index in [1.807, 2.05) is 0 Å². The first-order valence-electron chi connectivity index (χ1n) is 1.39. The second-order valence-electron chi connectivity index (χ2n) is 1.07. The fraction of sp³-hybridized carbons (Fsp3) is 0.667. The predicted octanol–water partition coefficient (Wildman–Crippen LogP) is -1.03. The Labute approximate surface area is 88.9 Å². The number of rotatable bonds is 1. The quantitative estimate of drug-likeness (QED) is 0.437. The van der Waals surface area contributed by atoms with Gasteiger partial charge in [0.05, 0.1) is 0 Å². The van der Waals surface area contributed by atoms with E-state index in [-0.39, 0.29) is 59.8 Å².